The molecular formula is C21H21FN2OS. The molecule has 2 aromatic carbocycles. The maximum Gasteiger partial charge on any atom is 0.237 e. The number of nitrogens with one attached hydrogen (secondary N) is 1. The summed E-state index contributed by atoms with van der Waals surface area (Å²) in [5, 5.41) is 4.55. The molecule has 3 aromatic rings. The number of nitrogens with zero attached hydrogens (tertiary/aromatic N) is 1. The summed E-state index contributed by atoms with van der Waals surface area (Å²) in [4.78, 5) is 17.4. The fourth-order valence-corrected chi connectivity index (χ4v) is 3.83. The van der Waals surface area contributed by atoms with Crippen molar-refractivity contribution in [1.29, 1.82) is 0 Å². The molecule has 1 heterocycles. The first-order valence-electron chi connectivity index (χ1n) is 8.58. The van der Waals surface area contributed by atoms with Crippen LogP contribution in [0, 0.1) is 19.7 Å². The molecule has 0 aliphatic heterocycles. The second-order valence-corrected chi connectivity index (χ2v) is 7.48. The normalized spacial score (nSPS) is 12.2. The highest BCUT2D eigenvalue weighted by Gasteiger charge is 2.19. The molecule has 5 heteroatoms. The average Bonchev–Trinajstić information content (AvgIpc) is 2.62. The molecule has 134 valence electrons. The highest BCUT2D eigenvalue weighted by atomic mass is 32.2. The molecule has 1 N–H and O–H groups in total. The van der Waals surface area contributed by atoms with Gasteiger partial charge >= 0.3 is 0 Å². The highest BCUT2D eigenvalue weighted by Crippen LogP contribution is 2.29. The van der Waals surface area contributed by atoms with Crippen LogP contribution in [-0.2, 0) is 4.79 Å². The van der Waals surface area contributed by atoms with Gasteiger partial charge in [-0.2, -0.15) is 0 Å². The Balaban J connectivity index is 1.81. The molecule has 0 saturated carbocycles. The Labute approximate surface area is 157 Å². The number of thioether (sulfide) groups is 1. The summed E-state index contributed by atoms with van der Waals surface area (Å²) >= 11 is 1.46. The monoisotopic (exact) mass is 368 g/mol. The van der Waals surface area contributed by atoms with Crippen LogP contribution in [0.25, 0.3) is 10.9 Å². The number of fused-ring (bicyclic) bond motifs is 1. The SMILES string of the molecule is CCC(Sc1cc(C)c2cccc(C)c2n1)C(=O)Nc1ccc(F)cc1. The van der Waals surface area contributed by atoms with Gasteiger partial charge < -0.3 is 5.32 Å². The highest BCUT2D eigenvalue weighted by molar-refractivity contribution is 8.00. The first kappa shape index (κ1) is 18.4. The molecule has 0 bridgehead atoms. The molecule has 1 aromatic heterocycles. The molecule has 0 fully saturated rings. The van der Waals surface area contributed by atoms with Gasteiger partial charge in [0.1, 0.15) is 5.82 Å². The maximum atomic E-state index is 13.0. The molecule has 1 atom stereocenters. The lowest BCUT2D eigenvalue weighted by atomic mass is 10.1. The molecule has 26 heavy (non-hydrogen) atoms. The van der Waals surface area contributed by atoms with Crippen molar-refractivity contribution in [2.24, 2.45) is 0 Å². The molecule has 3 nitrogen and oxygen atoms in total. The van der Waals surface area contributed by atoms with Gasteiger partial charge in [-0.25, -0.2) is 9.37 Å². The summed E-state index contributed by atoms with van der Waals surface area (Å²) in [6.07, 6.45) is 0.671. The maximum absolute atomic E-state index is 13.0. The Morgan fingerprint density at radius 1 is 1.15 bits per heavy atom. The van der Waals surface area contributed by atoms with E-state index in [2.05, 4.69) is 18.3 Å². The number of carbonyl (C=O) groups excluding carboxylic acids is 1. The smallest absolute Gasteiger partial charge is 0.237 e. The number of aromatic nitrogens is 1. The van der Waals surface area contributed by atoms with Gasteiger partial charge in [-0.15, -0.1) is 0 Å². The van der Waals surface area contributed by atoms with Gasteiger partial charge in [0, 0.05) is 11.1 Å². The van der Waals surface area contributed by atoms with Crippen LogP contribution in [0.15, 0.2) is 53.6 Å². The van der Waals surface area contributed by atoms with E-state index < -0.39 is 0 Å². The van der Waals surface area contributed by atoms with Crippen molar-refractivity contribution >= 4 is 34.3 Å². The average molecular weight is 368 g/mol. The third-order valence-corrected chi connectivity index (χ3v) is 5.55. The van der Waals surface area contributed by atoms with Crippen LogP contribution in [0.5, 0.6) is 0 Å². The zero-order valence-corrected chi connectivity index (χ0v) is 15.9. The zero-order valence-electron chi connectivity index (χ0n) is 15.0. The molecular weight excluding hydrogens is 347 g/mol. The van der Waals surface area contributed by atoms with E-state index in [0.29, 0.717) is 12.1 Å². The minimum Gasteiger partial charge on any atom is -0.325 e. The fraction of sp³-hybridized carbons (Fsp3) is 0.238. The minimum atomic E-state index is -0.323. The van der Waals surface area contributed by atoms with Gasteiger partial charge in [-0.1, -0.05) is 36.9 Å². The number of para-hydroxylation sites is 1. The van der Waals surface area contributed by atoms with Crippen molar-refractivity contribution in [3.8, 4) is 0 Å². The van der Waals surface area contributed by atoms with Crippen LogP contribution in [0.1, 0.15) is 24.5 Å². The summed E-state index contributed by atoms with van der Waals surface area (Å²) in [6.45, 7) is 6.08. The Hall–Kier alpha value is -2.40. The van der Waals surface area contributed by atoms with Crippen LogP contribution in [-0.4, -0.2) is 16.1 Å². The number of benzene rings is 2. The summed E-state index contributed by atoms with van der Waals surface area (Å²) in [5.74, 6) is -0.427. The second kappa shape index (κ2) is 7.87. The number of carbonyl (C=O) groups is 1. The molecule has 3 rings (SSSR count). The molecule has 0 saturated heterocycles. The van der Waals surface area contributed by atoms with Gasteiger partial charge in [0.2, 0.25) is 5.91 Å². The Morgan fingerprint density at radius 2 is 1.88 bits per heavy atom. The predicted octanol–water partition coefficient (Wildman–Crippen LogP) is 5.50. The number of anilines is 1. The lowest BCUT2D eigenvalue weighted by Gasteiger charge is -2.15. The van der Waals surface area contributed by atoms with E-state index in [9.17, 15) is 9.18 Å². The van der Waals surface area contributed by atoms with Crippen molar-refractivity contribution in [3.63, 3.8) is 0 Å². The van der Waals surface area contributed by atoms with Crippen LogP contribution in [0.2, 0.25) is 0 Å². The summed E-state index contributed by atoms with van der Waals surface area (Å²) in [6, 6.07) is 14.0. The van der Waals surface area contributed by atoms with E-state index in [0.717, 1.165) is 27.1 Å². The number of halogens is 1. The van der Waals surface area contributed by atoms with E-state index in [1.54, 1.807) is 12.1 Å². The number of hydrogen-bond donors (Lipinski definition) is 1. The standard InChI is InChI=1S/C21H21FN2OS/c1-4-18(21(25)23-16-10-8-15(22)9-11-16)26-19-12-14(3)17-7-5-6-13(2)20(17)24-19/h5-12,18H,4H2,1-3H3,(H,23,25). The minimum absolute atomic E-state index is 0.103. The van der Waals surface area contributed by atoms with Gasteiger partial charge in [0.25, 0.3) is 0 Å². The van der Waals surface area contributed by atoms with E-state index in [1.807, 2.05) is 32.0 Å². The van der Waals surface area contributed by atoms with E-state index in [-0.39, 0.29) is 17.0 Å². The van der Waals surface area contributed by atoms with Crippen molar-refractivity contribution in [1.82, 2.24) is 4.98 Å². The first-order chi connectivity index (χ1) is 12.5. The van der Waals surface area contributed by atoms with Gasteiger partial charge in [0.15, 0.2) is 0 Å². The largest absolute Gasteiger partial charge is 0.325 e. The lowest BCUT2D eigenvalue weighted by Crippen LogP contribution is -2.24. The van der Waals surface area contributed by atoms with Crippen molar-refractivity contribution in [2.45, 2.75) is 37.5 Å². The number of rotatable bonds is 5. The van der Waals surface area contributed by atoms with Crippen LogP contribution < -0.4 is 5.32 Å². The topological polar surface area (TPSA) is 42.0 Å². The van der Waals surface area contributed by atoms with E-state index in [4.69, 9.17) is 4.98 Å². The molecule has 0 spiro atoms. The van der Waals surface area contributed by atoms with E-state index in [1.165, 1.54) is 23.9 Å². The van der Waals surface area contributed by atoms with Gasteiger partial charge in [-0.3, -0.25) is 4.79 Å². The second-order valence-electron chi connectivity index (χ2n) is 6.26. The number of amides is 1. The quantitative estimate of drug-likeness (QED) is 0.605. The van der Waals surface area contributed by atoms with E-state index >= 15 is 0 Å². The van der Waals surface area contributed by atoms with Gasteiger partial charge in [-0.05, 0) is 61.7 Å². The van der Waals surface area contributed by atoms with Crippen molar-refractivity contribution in [2.75, 3.05) is 5.32 Å². The Morgan fingerprint density at radius 3 is 2.58 bits per heavy atom. The molecule has 0 aliphatic rings. The van der Waals surface area contributed by atoms with Crippen LogP contribution in [0.3, 0.4) is 0 Å². The Bertz CT molecular complexity index is 941. The lowest BCUT2D eigenvalue weighted by molar-refractivity contribution is -0.115. The van der Waals surface area contributed by atoms with Crippen molar-refractivity contribution < 1.29 is 9.18 Å². The van der Waals surface area contributed by atoms with Crippen LogP contribution in [0.4, 0.5) is 10.1 Å². The fourth-order valence-electron chi connectivity index (χ4n) is 2.82. The molecule has 0 radical (unpaired) electrons. The predicted molar refractivity (Wildman–Crippen MR) is 106 cm³/mol. The number of hydrogen-bond acceptors (Lipinski definition) is 3. The Kier molecular flexibility index (Phi) is 5.57. The van der Waals surface area contributed by atoms with Crippen molar-refractivity contribution in [3.05, 3.63) is 65.5 Å². The summed E-state index contributed by atoms with van der Waals surface area (Å²) in [7, 11) is 0. The molecule has 1 unspecified atom stereocenters. The third-order valence-electron chi connectivity index (χ3n) is 4.26. The number of aryl methyl sites for hydroxylation is 2. The first-order valence-corrected chi connectivity index (χ1v) is 9.46. The summed E-state index contributed by atoms with van der Waals surface area (Å²) < 4.78 is 13.0. The molecule has 0 aliphatic carbocycles. The third kappa shape index (κ3) is 4.05. The van der Waals surface area contributed by atoms with Gasteiger partial charge in [0.05, 0.1) is 15.8 Å². The van der Waals surface area contributed by atoms with Crippen LogP contribution >= 0.6 is 11.8 Å². The zero-order chi connectivity index (χ0) is 18.7. The molecule has 1 amide bonds. The number of pyridine rings is 1. The summed E-state index contributed by atoms with van der Waals surface area (Å²) in [5.41, 5.74) is 3.84.